The molecule has 1 amide bonds. The Morgan fingerprint density at radius 1 is 1.00 bits per heavy atom. The minimum atomic E-state index is -3.85. The molecule has 3 aromatic rings. The van der Waals surface area contributed by atoms with Crippen LogP contribution in [0.3, 0.4) is 0 Å². The summed E-state index contributed by atoms with van der Waals surface area (Å²) in [4.78, 5) is 17.0. The van der Waals surface area contributed by atoms with E-state index < -0.39 is 15.9 Å². The first-order valence-electron chi connectivity index (χ1n) is 10.2. The summed E-state index contributed by atoms with van der Waals surface area (Å²) in [6.07, 6.45) is 1.55. The van der Waals surface area contributed by atoms with Gasteiger partial charge in [0.15, 0.2) is 0 Å². The predicted octanol–water partition coefficient (Wildman–Crippen LogP) is 3.56. The molecule has 1 heterocycles. The summed E-state index contributed by atoms with van der Waals surface area (Å²) in [6, 6.07) is 15.6. The summed E-state index contributed by atoms with van der Waals surface area (Å²) in [5, 5.41) is 2.74. The quantitative estimate of drug-likeness (QED) is 0.411. The van der Waals surface area contributed by atoms with Crippen LogP contribution in [0.15, 0.2) is 71.8 Å². The van der Waals surface area contributed by atoms with Crippen molar-refractivity contribution in [2.45, 2.75) is 11.8 Å². The zero-order valence-corrected chi connectivity index (χ0v) is 19.1. The number of amides is 1. The largest absolute Gasteiger partial charge is 0.494 e. The molecule has 3 rings (SSSR count). The van der Waals surface area contributed by atoms with E-state index in [1.807, 2.05) is 6.92 Å². The van der Waals surface area contributed by atoms with Crippen molar-refractivity contribution in [3.05, 3.63) is 72.4 Å². The minimum absolute atomic E-state index is 0.0778. The number of carbonyl (C=O) groups is 1. The van der Waals surface area contributed by atoms with Crippen molar-refractivity contribution in [3.8, 4) is 11.6 Å². The molecule has 0 aliphatic rings. The van der Waals surface area contributed by atoms with E-state index in [9.17, 15) is 13.2 Å². The average molecular weight is 472 g/mol. The molecule has 0 radical (unpaired) electrons. The van der Waals surface area contributed by atoms with Gasteiger partial charge in [0.25, 0.3) is 15.9 Å². The van der Waals surface area contributed by atoms with Crippen LogP contribution in [0.25, 0.3) is 0 Å². The van der Waals surface area contributed by atoms with Crippen molar-refractivity contribution >= 4 is 27.3 Å². The number of hydrogen-bond acceptors (Lipinski definition) is 7. The lowest BCUT2D eigenvalue weighted by molar-refractivity contribution is 0.102. The first-order valence-corrected chi connectivity index (χ1v) is 11.6. The van der Waals surface area contributed by atoms with Crippen LogP contribution in [0.5, 0.6) is 11.6 Å². The number of methoxy groups -OCH3 is 1. The summed E-state index contributed by atoms with van der Waals surface area (Å²) < 4.78 is 43.8. The Balaban J connectivity index is 1.72. The monoisotopic (exact) mass is 471 g/mol. The van der Waals surface area contributed by atoms with E-state index in [1.165, 1.54) is 18.2 Å². The van der Waals surface area contributed by atoms with Crippen molar-refractivity contribution in [2.24, 2.45) is 0 Å². The zero-order valence-electron chi connectivity index (χ0n) is 18.3. The number of pyridine rings is 1. The van der Waals surface area contributed by atoms with Crippen LogP contribution in [-0.2, 0) is 14.8 Å². The van der Waals surface area contributed by atoms with Gasteiger partial charge in [0, 0.05) is 24.6 Å². The topological polar surface area (TPSA) is 116 Å². The standard InChI is InChI=1S/C23H25N3O6S/c1-3-31-19-9-11-20(12-10-19)33(28,29)26-18-7-4-6-17(16-18)22(27)25-21-8-5-13-24-23(21)32-15-14-30-2/h4-13,16,26H,3,14-15H2,1-2H3,(H,25,27). The van der Waals surface area contributed by atoms with E-state index in [2.05, 4.69) is 15.0 Å². The molecule has 0 spiro atoms. The lowest BCUT2D eigenvalue weighted by Gasteiger charge is -2.12. The normalized spacial score (nSPS) is 11.0. The van der Waals surface area contributed by atoms with Crippen molar-refractivity contribution < 1.29 is 27.4 Å². The predicted molar refractivity (Wildman–Crippen MR) is 124 cm³/mol. The third kappa shape index (κ3) is 6.67. The molecule has 0 saturated heterocycles. The van der Waals surface area contributed by atoms with Crippen LogP contribution >= 0.6 is 0 Å². The average Bonchev–Trinajstić information content (AvgIpc) is 2.81. The highest BCUT2D eigenvalue weighted by Crippen LogP contribution is 2.23. The SMILES string of the molecule is CCOc1ccc(S(=O)(=O)Nc2cccc(C(=O)Nc3cccnc3OCCOC)c2)cc1. The molecule has 0 saturated carbocycles. The number of hydrogen-bond donors (Lipinski definition) is 2. The molecule has 0 aliphatic carbocycles. The number of aromatic nitrogens is 1. The molecule has 33 heavy (non-hydrogen) atoms. The van der Waals surface area contributed by atoms with Crippen molar-refractivity contribution in [1.82, 2.24) is 4.98 Å². The second kappa shape index (κ2) is 11.3. The van der Waals surface area contributed by atoms with E-state index in [1.54, 1.807) is 55.8 Å². The fourth-order valence-electron chi connectivity index (χ4n) is 2.84. The molecule has 0 fully saturated rings. The number of sulfonamides is 1. The van der Waals surface area contributed by atoms with Gasteiger partial charge in [-0.2, -0.15) is 0 Å². The van der Waals surface area contributed by atoms with Gasteiger partial charge in [0.05, 0.1) is 18.1 Å². The van der Waals surface area contributed by atoms with Crippen LogP contribution in [0.4, 0.5) is 11.4 Å². The highest BCUT2D eigenvalue weighted by Gasteiger charge is 2.16. The lowest BCUT2D eigenvalue weighted by atomic mass is 10.2. The van der Waals surface area contributed by atoms with Gasteiger partial charge in [0.2, 0.25) is 5.88 Å². The Kier molecular flexibility index (Phi) is 8.22. The number of nitrogens with one attached hydrogen (secondary N) is 2. The van der Waals surface area contributed by atoms with E-state index in [4.69, 9.17) is 14.2 Å². The zero-order chi connectivity index (χ0) is 23.7. The lowest BCUT2D eigenvalue weighted by Crippen LogP contribution is -2.16. The van der Waals surface area contributed by atoms with Crippen LogP contribution in [0.2, 0.25) is 0 Å². The molecule has 9 nitrogen and oxygen atoms in total. The van der Waals surface area contributed by atoms with Crippen LogP contribution < -0.4 is 19.5 Å². The molecule has 10 heteroatoms. The van der Waals surface area contributed by atoms with Gasteiger partial charge >= 0.3 is 0 Å². The number of benzene rings is 2. The molecule has 0 aliphatic heterocycles. The van der Waals surface area contributed by atoms with Crippen LogP contribution in [0, 0.1) is 0 Å². The molecular formula is C23H25N3O6S. The highest BCUT2D eigenvalue weighted by atomic mass is 32.2. The summed E-state index contributed by atoms with van der Waals surface area (Å²) in [6.45, 7) is 2.98. The third-order valence-electron chi connectivity index (χ3n) is 4.37. The highest BCUT2D eigenvalue weighted by molar-refractivity contribution is 7.92. The second-order valence-electron chi connectivity index (χ2n) is 6.74. The maximum Gasteiger partial charge on any atom is 0.261 e. The number of nitrogens with zero attached hydrogens (tertiary/aromatic N) is 1. The first-order chi connectivity index (χ1) is 15.9. The molecule has 1 aromatic heterocycles. The molecule has 0 unspecified atom stereocenters. The summed E-state index contributed by atoms with van der Waals surface area (Å²) in [7, 11) is -2.29. The molecule has 2 N–H and O–H groups in total. The number of carbonyl (C=O) groups excluding carboxylic acids is 1. The van der Waals surface area contributed by atoms with E-state index in [-0.39, 0.29) is 28.6 Å². The molecule has 174 valence electrons. The second-order valence-corrected chi connectivity index (χ2v) is 8.42. The number of rotatable bonds is 11. The van der Waals surface area contributed by atoms with Crippen LogP contribution in [-0.4, -0.2) is 46.2 Å². The molecule has 2 aromatic carbocycles. The van der Waals surface area contributed by atoms with Gasteiger partial charge in [0.1, 0.15) is 18.0 Å². The first kappa shape index (κ1) is 24.0. The molecule has 0 atom stereocenters. The van der Waals surface area contributed by atoms with Gasteiger partial charge < -0.3 is 19.5 Å². The van der Waals surface area contributed by atoms with Crippen molar-refractivity contribution in [1.29, 1.82) is 0 Å². The van der Waals surface area contributed by atoms with E-state index in [0.29, 0.717) is 24.7 Å². The van der Waals surface area contributed by atoms with Crippen molar-refractivity contribution in [3.63, 3.8) is 0 Å². The van der Waals surface area contributed by atoms with Crippen LogP contribution in [0.1, 0.15) is 17.3 Å². The summed E-state index contributed by atoms with van der Waals surface area (Å²) >= 11 is 0. The van der Waals surface area contributed by atoms with Gasteiger partial charge in [-0.3, -0.25) is 9.52 Å². The Hall–Kier alpha value is -3.63. The fourth-order valence-corrected chi connectivity index (χ4v) is 3.89. The van der Waals surface area contributed by atoms with Gasteiger partial charge in [-0.15, -0.1) is 0 Å². The van der Waals surface area contributed by atoms with E-state index >= 15 is 0 Å². The maximum absolute atomic E-state index is 12.8. The minimum Gasteiger partial charge on any atom is -0.494 e. The summed E-state index contributed by atoms with van der Waals surface area (Å²) in [5.74, 6) is 0.396. The number of anilines is 2. The van der Waals surface area contributed by atoms with Gasteiger partial charge in [-0.05, 0) is 61.5 Å². The van der Waals surface area contributed by atoms with E-state index in [0.717, 1.165) is 0 Å². The van der Waals surface area contributed by atoms with Crippen molar-refractivity contribution in [2.75, 3.05) is 37.0 Å². The van der Waals surface area contributed by atoms with Gasteiger partial charge in [-0.25, -0.2) is 13.4 Å². The molecular weight excluding hydrogens is 446 g/mol. The number of ether oxygens (including phenoxy) is 3. The molecule has 0 bridgehead atoms. The Morgan fingerprint density at radius 2 is 1.79 bits per heavy atom. The summed E-state index contributed by atoms with van der Waals surface area (Å²) in [5.41, 5.74) is 0.895. The Morgan fingerprint density at radius 3 is 2.52 bits per heavy atom. The van der Waals surface area contributed by atoms with Gasteiger partial charge in [-0.1, -0.05) is 6.07 Å². The fraction of sp³-hybridized carbons (Fsp3) is 0.217. The Labute approximate surface area is 192 Å². The smallest absolute Gasteiger partial charge is 0.261 e. The Bertz CT molecular complexity index is 1180. The third-order valence-corrected chi connectivity index (χ3v) is 5.76. The maximum atomic E-state index is 12.8.